The molecule has 3 aromatic rings. The number of nitrogens with zero attached hydrogens (tertiary/aromatic N) is 4. The second kappa shape index (κ2) is 9.43. The second-order valence-corrected chi connectivity index (χ2v) is 8.18. The molecule has 1 atom stereocenters. The van der Waals surface area contributed by atoms with E-state index in [4.69, 9.17) is 16.3 Å². The van der Waals surface area contributed by atoms with Gasteiger partial charge >= 0.3 is 17.4 Å². The highest BCUT2D eigenvalue weighted by Gasteiger charge is 2.35. The lowest BCUT2D eigenvalue weighted by Gasteiger charge is -2.23. The van der Waals surface area contributed by atoms with E-state index in [1.54, 1.807) is 20.8 Å². The zero-order valence-electron chi connectivity index (χ0n) is 17.5. The van der Waals surface area contributed by atoms with Gasteiger partial charge in [0.2, 0.25) is 11.8 Å². The molecule has 0 radical (unpaired) electrons. The number of ether oxygens (including phenoxy) is 1. The number of benzene rings is 1. The van der Waals surface area contributed by atoms with Crippen LogP contribution in [-0.4, -0.2) is 38.3 Å². The Labute approximate surface area is 187 Å². The fourth-order valence-corrected chi connectivity index (χ4v) is 2.64. The lowest BCUT2D eigenvalue weighted by Crippen LogP contribution is -2.36. The third-order valence-corrected chi connectivity index (χ3v) is 4.09. The van der Waals surface area contributed by atoms with Crippen LogP contribution < -0.4 is 10.6 Å². The molecule has 2 N–H and O–H groups in total. The molecule has 2 heterocycles. The van der Waals surface area contributed by atoms with E-state index >= 15 is 0 Å². The van der Waals surface area contributed by atoms with Crippen molar-refractivity contribution in [3.05, 3.63) is 54.2 Å². The van der Waals surface area contributed by atoms with Crippen molar-refractivity contribution in [3.8, 4) is 11.4 Å². The van der Waals surface area contributed by atoms with Crippen LogP contribution in [0.25, 0.3) is 11.4 Å². The molecule has 0 aliphatic heterocycles. The Kier molecular flexibility index (Phi) is 6.87. The zero-order chi connectivity index (χ0) is 23.4. The standard InChI is InChI=1S/C20H21ClF2N6O3/c1-19(2,3)31-18(30)26-11-14(12-7-5-4-6-8-12)27-17-24-9-13(10-25-17)15-28-16(32-29-15)20(21,22)23/h4-10,14H,11H2,1-3H3,(H,26,30)(H,24,25,27). The zero-order valence-corrected chi connectivity index (χ0v) is 18.2. The highest BCUT2D eigenvalue weighted by Crippen LogP contribution is 2.32. The normalized spacial score (nSPS) is 12.8. The van der Waals surface area contributed by atoms with E-state index in [0.717, 1.165) is 5.56 Å². The predicted octanol–water partition coefficient (Wildman–Crippen LogP) is 4.49. The van der Waals surface area contributed by atoms with Crippen molar-refractivity contribution < 1.29 is 22.8 Å². The predicted molar refractivity (Wildman–Crippen MR) is 112 cm³/mol. The van der Waals surface area contributed by atoms with Crippen molar-refractivity contribution >= 4 is 23.6 Å². The number of amides is 1. The number of carbonyl (C=O) groups excluding carboxylic acids is 1. The summed E-state index contributed by atoms with van der Waals surface area (Å²) in [6, 6.07) is 8.99. The molecule has 3 rings (SSSR count). The number of carbonyl (C=O) groups is 1. The van der Waals surface area contributed by atoms with Crippen LogP contribution in [-0.2, 0) is 10.1 Å². The minimum Gasteiger partial charge on any atom is -0.444 e. The minimum absolute atomic E-state index is 0.127. The van der Waals surface area contributed by atoms with Crippen molar-refractivity contribution in [3.63, 3.8) is 0 Å². The first-order chi connectivity index (χ1) is 15.0. The van der Waals surface area contributed by atoms with Gasteiger partial charge in [-0.2, -0.15) is 13.8 Å². The highest BCUT2D eigenvalue weighted by atomic mass is 35.5. The van der Waals surface area contributed by atoms with Gasteiger partial charge in [0, 0.05) is 18.9 Å². The van der Waals surface area contributed by atoms with E-state index in [1.807, 2.05) is 30.3 Å². The Bertz CT molecular complexity index is 1040. The number of halogens is 3. The van der Waals surface area contributed by atoms with Gasteiger partial charge in [0.15, 0.2) is 0 Å². The maximum Gasteiger partial charge on any atom is 0.407 e. The molecule has 0 fully saturated rings. The van der Waals surface area contributed by atoms with E-state index in [9.17, 15) is 13.6 Å². The fraction of sp³-hybridized carbons (Fsp3) is 0.350. The summed E-state index contributed by atoms with van der Waals surface area (Å²) in [5, 5.41) is 5.53. The lowest BCUT2D eigenvalue weighted by molar-refractivity contribution is 0.0524. The van der Waals surface area contributed by atoms with Gasteiger partial charge in [-0.25, -0.2) is 14.8 Å². The first kappa shape index (κ1) is 23.3. The molecule has 12 heteroatoms. The SMILES string of the molecule is CC(C)(C)OC(=O)NCC(Nc1ncc(-c2noc(C(F)(F)Cl)n2)cn1)c1ccccc1. The van der Waals surface area contributed by atoms with Gasteiger partial charge in [0.1, 0.15) is 5.60 Å². The molecule has 9 nitrogen and oxygen atoms in total. The average Bonchev–Trinajstić information content (AvgIpc) is 3.22. The highest BCUT2D eigenvalue weighted by molar-refractivity contribution is 6.21. The van der Waals surface area contributed by atoms with Crippen molar-refractivity contribution in [1.82, 2.24) is 25.4 Å². The van der Waals surface area contributed by atoms with Crippen LogP contribution >= 0.6 is 11.6 Å². The van der Waals surface area contributed by atoms with Crippen LogP contribution in [0.5, 0.6) is 0 Å². The Morgan fingerprint density at radius 3 is 2.41 bits per heavy atom. The number of hydrogen-bond acceptors (Lipinski definition) is 8. The molecule has 0 spiro atoms. The first-order valence-corrected chi connectivity index (χ1v) is 9.91. The van der Waals surface area contributed by atoms with Gasteiger partial charge in [-0.3, -0.25) is 0 Å². The lowest BCUT2D eigenvalue weighted by atomic mass is 10.1. The summed E-state index contributed by atoms with van der Waals surface area (Å²) in [4.78, 5) is 23.9. The number of anilines is 1. The Morgan fingerprint density at radius 2 is 1.84 bits per heavy atom. The van der Waals surface area contributed by atoms with Gasteiger partial charge < -0.3 is 19.9 Å². The molecule has 0 aliphatic carbocycles. The van der Waals surface area contributed by atoms with E-state index in [1.165, 1.54) is 12.4 Å². The molecular weight excluding hydrogens is 446 g/mol. The number of alkyl halides is 3. The molecule has 0 saturated carbocycles. The fourth-order valence-electron chi connectivity index (χ4n) is 2.57. The summed E-state index contributed by atoms with van der Waals surface area (Å²) in [6.45, 7) is 5.52. The van der Waals surface area contributed by atoms with Gasteiger partial charge in [-0.05, 0) is 37.9 Å². The molecule has 1 amide bonds. The Morgan fingerprint density at radius 1 is 1.19 bits per heavy atom. The van der Waals surface area contributed by atoms with Crippen molar-refractivity contribution in [2.45, 2.75) is 37.8 Å². The molecule has 0 saturated heterocycles. The van der Waals surface area contributed by atoms with Crippen molar-refractivity contribution in [2.75, 3.05) is 11.9 Å². The van der Waals surface area contributed by atoms with E-state index in [0.29, 0.717) is 0 Å². The number of rotatable bonds is 7. The smallest absolute Gasteiger partial charge is 0.407 e. The summed E-state index contributed by atoms with van der Waals surface area (Å²) < 4.78 is 35.9. The second-order valence-electron chi connectivity index (χ2n) is 7.71. The maximum absolute atomic E-state index is 13.1. The third-order valence-electron chi connectivity index (χ3n) is 3.93. The largest absolute Gasteiger partial charge is 0.444 e. The monoisotopic (exact) mass is 466 g/mol. The van der Waals surface area contributed by atoms with Crippen LogP contribution in [0, 0.1) is 0 Å². The van der Waals surface area contributed by atoms with Gasteiger partial charge in [-0.1, -0.05) is 35.5 Å². The molecule has 1 aromatic carbocycles. The number of alkyl carbamates (subject to hydrolysis) is 1. The van der Waals surface area contributed by atoms with E-state index in [-0.39, 0.29) is 29.9 Å². The van der Waals surface area contributed by atoms with Crippen molar-refractivity contribution in [1.29, 1.82) is 0 Å². The van der Waals surface area contributed by atoms with Crippen molar-refractivity contribution in [2.24, 2.45) is 0 Å². The minimum atomic E-state index is -3.77. The molecule has 2 aromatic heterocycles. The van der Waals surface area contributed by atoms with Gasteiger partial charge in [0.05, 0.1) is 11.6 Å². The molecule has 32 heavy (non-hydrogen) atoms. The van der Waals surface area contributed by atoms with Crippen LogP contribution in [0.15, 0.2) is 47.2 Å². The van der Waals surface area contributed by atoms with Crippen LogP contribution in [0.3, 0.4) is 0 Å². The maximum atomic E-state index is 13.1. The van der Waals surface area contributed by atoms with E-state index < -0.39 is 23.0 Å². The quantitative estimate of drug-likeness (QED) is 0.489. The number of nitrogens with one attached hydrogen (secondary N) is 2. The Hall–Kier alpha value is -3.34. The summed E-state index contributed by atoms with van der Waals surface area (Å²) in [6.07, 6.45) is 2.14. The number of aromatic nitrogens is 4. The van der Waals surface area contributed by atoms with Crippen LogP contribution in [0.4, 0.5) is 19.5 Å². The molecule has 170 valence electrons. The molecule has 1 unspecified atom stereocenters. The third kappa shape index (κ3) is 6.58. The van der Waals surface area contributed by atoms with Crippen LogP contribution in [0.1, 0.15) is 38.3 Å². The summed E-state index contributed by atoms with van der Waals surface area (Å²) in [5.41, 5.74) is 0.513. The summed E-state index contributed by atoms with van der Waals surface area (Å²) >= 11 is 4.88. The Balaban J connectivity index is 1.72. The molecule has 0 bridgehead atoms. The summed E-state index contributed by atoms with van der Waals surface area (Å²) in [7, 11) is 0. The van der Waals surface area contributed by atoms with Gasteiger partial charge in [0.25, 0.3) is 0 Å². The first-order valence-electron chi connectivity index (χ1n) is 9.53. The van der Waals surface area contributed by atoms with Gasteiger partial charge in [-0.15, -0.1) is 0 Å². The van der Waals surface area contributed by atoms with E-state index in [2.05, 4.69) is 35.3 Å². The average molecular weight is 467 g/mol. The summed E-state index contributed by atoms with van der Waals surface area (Å²) in [5.74, 6) is -0.910. The number of hydrogen-bond donors (Lipinski definition) is 2. The van der Waals surface area contributed by atoms with Crippen LogP contribution in [0.2, 0.25) is 0 Å². The molecule has 0 aliphatic rings. The topological polar surface area (TPSA) is 115 Å². The molecular formula is C20H21ClF2N6O3.